The number of nitrogens with zero attached hydrogens (tertiary/aromatic N) is 4. The number of azo groups is 1. The minimum Gasteiger partial charge on any atom is -0.510 e. The molecule has 7 nitrogen and oxygen atoms in total. The minimum atomic E-state index is -0.342. The van der Waals surface area contributed by atoms with Crippen LogP contribution in [0, 0.1) is 0 Å². The summed E-state index contributed by atoms with van der Waals surface area (Å²) in [6, 6.07) is 10.9. The predicted molar refractivity (Wildman–Crippen MR) is 89.9 cm³/mol. The highest BCUT2D eigenvalue weighted by atomic mass is 16.3. The van der Waals surface area contributed by atoms with Crippen LogP contribution < -0.4 is 0 Å². The number of rotatable bonds is 4. The van der Waals surface area contributed by atoms with Crippen molar-refractivity contribution in [1.82, 2.24) is 15.0 Å². The lowest BCUT2D eigenvalue weighted by Gasteiger charge is -1.99. The lowest BCUT2D eigenvalue weighted by atomic mass is 10.2. The highest BCUT2D eigenvalue weighted by Crippen LogP contribution is 2.23. The molecule has 0 saturated carbocycles. The second-order valence-electron chi connectivity index (χ2n) is 5.20. The van der Waals surface area contributed by atoms with Gasteiger partial charge in [-0.15, -0.1) is 5.11 Å². The number of aliphatic hydroxyl groups excluding tert-OH is 1. The van der Waals surface area contributed by atoms with Crippen molar-refractivity contribution in [3.63, 3.8) is 0 Å². The topological polar surface area (TPSA) is 104 Å². The van der Waals surface area contributed by atoms with Gasteiger partial charge in [0.15, 0.2) is 17.1 Å². The normalized spacial score (nSPS) is 12.6. The fourth-order valence-electron chi connectivity index (χ4n) is 2.17. The third-order valence-electron chi connectivity index (χ3n) is 3.34. The number of imidazole rings is 1. The average molecular weight is 321 g/mol. The molecule has 0 bridgehead atoms. The average Bonchev–Trinajstić information content (AvgIpc) is 2.99. The van der Waals surface area contributed by atoms with Crippen molar-refractivity contribution in [1.29, 1.82) is 0 Å². The van der Waals surface area contributed by atoms with Crippen molar-refractivity contribution in [2.24, 2.45) is 10.2 Å². The Morgan fingerprint density at radius 3 is 2.54 bits per heavy atom. The zero-order valence-electron chi connectivity index (χ0n) is 13.2. The van der Waals surface area contributed by atoms with Crippen LogP contribution in [0.1, 0.15) is 13.8 Å². The number of hydrogen-bond donors (Lipinski definition) is 2. The molecule has 3 aromatic rings. The number of hydrogen-bond acceptors (Lipinski definition) is 6. The highest BCUT2D eigenvalue weighted by Gasteiger charge is 2.07. The number of aromatic nitrogens is 3. The molecule has 1 aromatic carbocycles. The molecule has 0 saturated heterocycles. The van der Waals surface area contributed by atoms with Gasteiger partial charge in [-0.2, -0.15) is 5.11 Å². The number of aromatic amines is 1. The molecule has 0 aliphatic carbocycles. The Labute approximate surface area is 137 Å². The number of Topliss-reactive ketones (excluding diaryl/α,β-unsaturated/α-hetero) is 1. The Morgan fingerprint density at radius 1 is 1.17 bits per heavy atom. The molecular weight excluding hydrogens is 306 g/mol. The van der Waals surface area contributed by atoms with Crippen LogP contribution in [0.15, 0.2) is 64.3 Å². The summed E-state index contributed by atoms with van der Waals surface area (Å²) in [5, 5.41) is 17.2. The first-order valence-corrected chi connectivity index (χ1v) is 7.28. The maximum Gasteiger partial charge on any atom is 0.183 e. The third-order valence-corrected chi connectivity index (χ3v) is 3.34. The number of benzene rings is 1. The zero-order chi connectivity index (χ0) is 17.1. The molecule has 0 amide bonds. The molecule has 0 aliphatic rings. The van der Waals surface area contributed by atoms with Crippen molar-refractivity contribution in [3.8, 4) is 11.4 Å². The summed E-state index contributed by atoms with van der Waals surface area (Å²) in [4.78, 5) is 23.2. The van der Waals surface area contributed by atoms with E-state index in [1.54, 1.807) is 18.3 Å². The van der Waals surface area contributed by atoms with Gasteiger partial charge in [-0.3, -0.25) is 4.79 Å². The van der Waals surface area contributed by atoms with Gasteiger partial charge >= 0.3 is 0 Å². The van der Waals surface area contributed by atoms with Gasteiger partial charge in [0, 0.05) is 18.7 Å². The van der Waals surface area contributed by atoms with E-state index in [0.717, 1.165) is 11.1 Å². The number of pyridine rings is 1. The minimum absolute atomic E-state index is 0.0533. The van der Waals surface area contributed by atoms with Crippen LogP contribution in [0.3, 0.4) is 0 Å². The van der Waals surface area contributed by atoms with E-state index in [2.05, 4.69) is 25.2 Å². The van der Waals surface area contributed by atoms with E-state index in [1.165, 1.54) is 13.8 Å². The second-order valence-corrected chi connectivity index (χ2v) is 5.20. The Bertz CT molecular complexity index is 918. The lowest BCUT2D eigenvalue weighted by molar-refractivity contribution is -0.113. The molecule has 0 spiro atoms. The molecule has 0 fully saturated rings. The summed E-state index contributed by atoms with van der Waals surface area (Å²) >= 11 is 0. The van der Waals surface area contributed by atoms with Gasteiger partial charge in [-0.25, -0.2) is 9.97 Å². The zero-order valence-corrected chi connectivity index (χ0v) is 13.2. The maximum absolute atomic E-state index is 11.3. The van der Waals surface area contributed by atoms with E-state index in [1.807, 2.05) is 24.3 Å². The van der Waals surface area contributed by atoms with Crippen LogP contribution in [0.5, 0.6) is 0 Å². The van der Waals surface area contributed by atoms with Gasteiger partial charge in [-0.1, -0.05) is 0 Å². The molecule has 0 atom stereocenters. The van der Waals surface area contributed by atoms with E-state index >= 15 is 0 Å². The fraction of sp³-hybridized carbons (Fsp3) is 0.118. The lowest BCUT2D eigenvalue weighted by Crippen LogP contribution is -1.96. The molecule has 3 rings (SSSR count). The molecule has 120 valence electrons. The maximum atomic E-state index is 11.3. The van der Waals surface area contributed by atoms with Crippen LogP contribution in [0.2, 0.25) is 0 Å². The van der Waals surface area contributed by atoms with Gasteiger partial charge in [0.05, 0.1) is 11.2 Å². The molecule has 2 N–H and O–H groups in total. The Balaban J connectivity index is 1.85. The Morgan fingerprint density at radius 2 is 1.92 bits per heavy atom. The van der Waals surface area contributed by atoms with Crippen molar-refractivity contribution in [2.75, 3.05) is 0 Å². The van der Waals surface area contributed by atoms with Crippen LogP contribution in [-0.4, -0.2) is 25.8 Å². The SMILES string of the molecule is CC(=O)/C(N=Nc1ccc(-c2nc3ncccc3[nH]2)cc1)=C(\C)O. The number of fused-ring (bicyclic) bond motifs is 1. The van der Waals surface area contributed by atoms with Gasteiger partial charge in [0.1, 0.15) is 11.6 Å². The number of nitrogens with one attached hydrogen (secondary N) is 1. The smallest absolute Gasteiger partial charge is 0.183 e. The molecule has 7 heteroatoms. The van der Waals surface area contributed by atoms with E-state index in [4.69, 9.17) is 0 Å². The molecule has 2 heterocycles. The van der Waals surface area contributed by atoms with Crippen LogP contribution in [0.4, 0.5) is 5.69 Å². The largest absolute Gasteiger partial charge is 0.510 e. The van der Waals surface area contributed by atoms with E-state index < -0.39 is 0 Å². The van der Waals surface area contributed by atoms with Crippen LogP contribution in [0.25, 0.3) is 22.6 Å². The molecule has 0 aliphatic heterocycles. The predicted octanol–water partition coefficient (Wildman–Crippen LogP) is 4.09. The Hall–Kier alpha value is -3.35. The standard InChI is InChI=1S/C17H15N5O2/c1-10(23)15(11(2)24)22-21-13-7-5-12(6-8-13)16-19-14-4-3-9-18-17(14)20-16/h3-9,23H,1-2H3,(H,18,19,20)/b15-10-,22-21?. The Kier molecular flexibility index (Phi) is 4.15. The molecular formula is C17H15N5O2. The molecule has 0 unspecified atom stereocenters. The molecule has 0 radical (unpaired) electrons. The molecule has 2 aromatic heterocycles. The van der Waals surface area contributed by atoms with Crippen molar-refractivity contribution in [2.45, 2.75) is 13.8 Å². The first-order valence-electron chi connectivity index (χ1n) is 7.28. The third kappa shape index (κ3) is 3.19. The van der Waals surface area contributed by atoms with Gasteiger partial charge < -0.3 is 10.1 Å². The number of aliphatic hydroxyl groups is 1. The fourth-order valence-corrected chi connectivity index (χ4v) is 2.17. The summed E-state index contributed by atoms with van der Waals surface area (Å²) in [7, 11) is 0. The summed E-state index contributed by atoms with van der Waals surface area (Å²) in [6.07, 6.45) is 1.69. The number of allylic oxidation sites excluding steroid dienone is 2. The van der Waals surface area contributed by atoms with Crippen molar-refractivity contribution >= 4 is 22.6 Å². The van der Waals surface area contributed by atoms with E-state index in [9.17, 15) is 9.90 Å². The first kappa shape index (κ1) is 15.5. The van der Waals surface area contributed by atoms with Crippen molar-refractivity contribution in [3.05, 3.63) is 54.1 Å². The van der Waals surface area contributed by atoms with Gasteiger partial charge in [0.25, 0.3) is 0 Å². The number of carbonyl (C=O) groups is 1. The summed E-state index contributed by atoms with van der Waals surface area (Å²) in [5.74, 6) is 0.213. The van der Waals surface area contributed by atoms with Crippen LogP contribution >= 0.6 is 0 Å². The van der Waals surface area contributed by atoms with E-state index in [-0.39, 0.29) is 17.2 Å². The van der Waals surface area contributed by atoms with Crippen molar-refractivity contribution < 1.29 is 9.90 Å². The van der Waals surface area contributed by atoms with E-state index in [0.29, 0.717) is 17.2 Å². The highest BCUT2D eigenvalue weighted by molar-refractivity contribution is 5.93. The quantitative estimate of drug-likeness (QED) is 0.429. The number of ketones is 1. The summed E-state index contributed by atoms with van der Waals surface area (Å²) in [5.41, 5.74) is 2.92. The second kappa shape index (κ2) is 6.41. The van der Waals surface area contributed by atoms with Gasteiger partial charge in [0.2, 0.25) is 0 Å². The monoisotopic (exact) mass is 321 g/mol. The molecule has 24 heavy (non-hydrogen) atoms. The summed E-state index contributed by atoms with van der Waals surface area (Å²) in [6.45, 7) is 2.72. The van der Waals surface area contributed by atoms with Gasteiger partial charge in [-0.05, 0) is 43.3 Å². The van der Waals surface area contributed by atoms with Crippen LogP contribution in [-0.2, 0) is 4.79 Å². The number of carbonyl (C=O) groups excluding carboxylic acids is 1. The first-order chi connectivity index (χ1) is 11.5. The number of H-pyrrole nitrogens is 1. The summed E-state index contributed by atoms with van der Waals surface area (Å²) < 4.78 is 0.